The normalized spacial score (nSPS) is 13.8. The molecule has 120 heavy (non-hydrogen) atoms. The van der Waals surface area contributed by atoms with Crippen LogP contribution >= 0.6 is 15.9 Å². The summed E-state index contributed by atoms with van der Waals surface area (Å²) >= 11 is 3.84. The van der Waals surface area contributed by atoms with Crippen molar-refractivity contribution >= 4 is 71.6 Å². The van der Waals surface area contributed by atoms with Crippen LogP contribution in [0.2, 0.25) is 0 Å². The summed E-state index contributed by atoms with van der Waals surface area (Å²) in [4.78, 5) is 0. The van der Waals surface area contributed by atoms with Crippen LogP contribution in [0.25, 0.3) is 143 Å². The zero-order chi connectivity index (χ0) is 81.9. The summed E-state index contributed by atoms with van der Waals surface area (Å²) < 4.78 is 1.09. The van der Waals surface area contributed by atoms with Crippen molar-refractivity contribution in [2.24, 2.45) is 0 Å². The van der Waals surface area contributed by atoms with Gasteiger partial charge in [-0.15, -0.1) is 0 Å². The van der Waals surface area contributed by atoms with Crippen LogP contribution in [0.3, 0.4) is 0 Å². The maximum absolute atomic E-state index is 9.19. The van der Waals surface area contributed by atoms with Crippen LogP contribution in [-0.4, -0.2) is 17.2 Å². The zero-order valence-electron chi connectivity index (χ0n) is 68.5. The van der Waals surface area contributed by atoms with Crippen LogP contribution in [0, 0.1) is 23.7 Å². The molecule has 0 atom stereocenters. The van der Waals surface area contributed by atoms with Crippen molar-refractivity contribution in [1.82, 2.24) is 0 Å². The number of hydrogen-bond donors (Lipinski definition) is 2. The van der Waals surface area contributed by atoms with Gasteiger partial charge in [0.2, 0.25) is 0 Å². The molecule has 2 nitrogen and oxygen atoms in total. The van der Waals surface area contributed by atoms with Gasteiger partial charge in [-0.1, -0.05) is 380 Å². The highest BCUT2D eigenvalue weighted by Gasteiger charge is 2.40. The molecule has 2 N–H and O–H groups in total. The van der Waals surface area contributed by atoms with Gasteiger partial charge < -0.3 is 10.0 Å². The van der Waals surface area contributed by atoms with Gasteiger partial charge in [-0.3, -0.25) is 0 Å². The molecule has 0 spiro atoms. The average Bonchev–Trinajstić information content (AvgIpc) is 1.20. The van der Waals surface area contributed by atoms with Crippen molar-refractivity contribution in [1.29, 1.82) is 0 Å². The van der Waals surface area contributed by atoms with Gasteiger partial charge in [-0.25, -0.2) is 0 Å². The van der Waals surface area contributed by atoms with Crippen molar-refractivity contribution < 1.29 is 10.0 Å². The maximum Gasteiger partial charge on any atom is 0.489 e. The molecular formula is C116H86BBrO2. The highest BCUT2D eigenvalue weighted by atomic mass is 79.9. The Bertz CT molecular complexity index is 7400. The monoisotopic (exact) mass is 1600 g/mol. The van der Waals surface area contributed by atoms with Crippen LogP contribution in [0.15, 0.2) is 368 Å². The van der Waals surface area contributed by atoms with E-state index in [4.69, 9.17) is 0 Å². The molecule has 0 bridgehead atoms. The quantitative estimate of drug-likeness (QED) is 0.0990. The molecule has 4 aliphatic carbocycles. The van der Waals surface area contributed by atoms with E-state index < -0.39 is 7.12 Å². The Balaban J connectivity index is 0.000000131. The minimum atomic E-state index is -1.49. The van der Waals surface area contributed by atoms with E-state index in [-0.39, 0.29) is 21.7 Å². The molecule has 0 amide bonds. The third-order valence-electron chi connectivity index (χ3n) is 26.2. The Morgan fingerprint density at radius 3 is 0.875 bits per heavy atom. The van der Waals surface area contributed by atoms with Gasteiger partial charge in [0, 0.05) is 48.4 Å². The van der Waals surface area contributed by atoms with Gasteiger partial charge in [0.25, 0.3) is 0 Å². The summed E-state index contributed by atoms with van der Waals surface area (Å²) in [6.07, 6.45) is 0. The Morgan fingerprint density at radius 2 is 0.492 bits per heavy atom. The summed E-state index contributed by atoms with van der Waals surface area (Å²) in [5.41, 5.74) is 38.1. The van der Waals surface area contributed by atoms with Crippen LogP contribution in [0.5, 0.6) is 0 Å². The first-order valence-electron chi connectivity index (χ1n) is 41.6. The van der Waals surface area contributed by atoms with E-state index in [9.17, 15) is 10.0 Å². The number of hydrogen-bond acceptors (Lipinski definition) is 2. The standard InChI is InChI=1S/C58H42.C44H33Br.C14H11BO2/c1-57(2)51-24-14-12-20-43(51)45-31-29-40(35-53(45)57)55-47-22-10-11-23-48(47)56(41-30-32-46-44-21-13-15-25-52(44)58(3,4)54(46)36-41)50-34-39(28-33-49(50)55)42-19-9-8-18-38(42)27-26-37-16-6-5-7-17-37;1-43(2)37-15-9-7-11-29(37)31-20-17-26(23-39(31)43)41-33-13-5-6-14-34(33)42(36-25-28(45)19-22-35(36)41)27-18-21-32-30-12-8-10-16-38(30)44(3,4)40(32)24-27;16-15(17)14-9-5-4-8-13(14)11-10-12-6-2-1-3-7-12/h5-25,28-36H,1-4H3;5-25H,1-4H3;1-9,16-17H. The van der Waals surface area contributed by atoms with Gasteiger partial charge in [-0.05, 0) is 272 Å². The predicted octanol–water partition coefficient (Wildman–Crippen LogP) is 28.5. The van der Waals surface area contributed by atoms with E-state index in [1.165, 1.54) is 177 Å². The second-order valence-electron chi connectivity index (χ2n) is 34.5. The third kappa shape index (κ3) is 12.6. The van der Waals surface area contributed by atoms with Crippen molar-refractivity contribution in [2.75, 3.05) is 0 Å². The number of fused-ring (bicyclic) bond motifs is 16. The van der Waals surface area contributed by atoms with E-state index in [1.54, 1.807) is 18.2 Å². The number of rotatable bonds is 6. The molecular weight excluding hydrogens is 1520 g/mol. The molecule has 0 saturated heterocycles. The van der Waals surface area contributed by atoms with Gasteiger partial charge >= 0.3 is 7.12 Å². The SMILES string of the molecule is CC1(C)c2ccccc2-c2ccc(-c3c4ccccc4c(-c4ccc5c(c4)C(C)(C)c4ccccc4-5)c4cc(-c5ccccc5C#Cc5ccccc5)ccc34)cc21.CC1(C)c2ccccc2-c2ccc(-c3c4ccccc4c(-c4ccc5c(c4)C(C)(C)c4ccccc4-5)c4cc(Br)ccc34)cc21.OB(O)c1ccccc1C#Cc1ccccc1. The molecule has 0 heterocycles. The van der Waals surface area contributed by atoms with Crippen molar-refractivity contribution in [3.63, 3.8) is 0 Å². The maximum atomic E-state index is 9.19. The lowest BCUT2D eigenvalue weighted by Gasteiger charge is -2.24. The molecule has 4 aliphatic rings. The second-order valence-corrected chi connectivity index (χ2v) is 35.4. The molecule has 0 aromatic heterocycles. The fourth-order valence-electron chi connectivity index (χ4n) is 20.2. The fourth-order valence-corrected chi connectivity index (χ4v) is 20.5. The van der Waals surface area contributed by atoms with Crippen molar-refractivity contribution in [3.05, 3.63) is 435 Å². The zero-order valence-corrected chi connectivity index (χ0v) is 70.1. The van der Waals surface area contributed by atoms with Crippen LogP contribution in [0.4, 0.5) is 0 Å². The van der Waals surface area contributed by atoms with E-state index in [0.29, 0.717) is 11.0 Å². The Labute approximate surface area is 712 Å². The van der Waals surface area contributed by atoms with E-state index in [0.717, 1.165) is 32.3 Å². The van der Waals surface area contributed by atoms with E-state index in [2.05, 4.69) is 386 Å². The molecule has 0 aliphatic heterocycles. The fraction of sp³-hybridized carbons (Fsp3) is 0.103. The summed E-state index contributed by atoms with van der Waals surface area (Å²) in [5, 5.41) is 28.5. The summed E-state index contributed by atoms with van der Waals surface area (Å²) in [6, 6.07) is 132. The Kier molecular flexibility index (Phi) is 18.6. The number of benzene rings is 18. The van der Waals surface area contributed by atoms with Crippen LogP contribution in [-0.2, 0) is 21.7 Å². The third-order valence-corrected chi connectivity index (χ3v) is 26.7. The summed E-state index contributed by atoms with van der Waals surface area (Å²) in [7, 11) is -1.49. The molecule has 18 aromatic carbocycles. The highest BCUT2D eigenvalue weighted by Crippen LogP contribution is 2.57. The second kappa shape index (κ2) is 29.6. The van der Waals surface area contributed by atoms with Crippen molar-refractivity contribution in [2.45, 2.75) is 77.0 Å². The van der Waals surface area contributed by atoms with Gasteiger partial charge in [0.15, 0.2) is 0 Å². The topological polar surface area (TPSA) is 40.5 Å². The lowest BCUT2D eigenvalue weighted by atomic mass is 9.77. The lowest BCUT2D eigenvalue weighted by molar-refractivity contribution is 0.425. The van der Waals surface area contributed by atoms with E-state index >= 15 is 0 Å². The average molecular weight is 1600 g/mol. The number of halogens is 1. The first kappa shape index (κ1) is 75.3. The summed E-state index contributed by atoms with van der Waals surface area (Å²) in [5.74, 6) is 12.9. The molecule has 0 unspecified atom stereocenters. The Morgan fingerprint density at radius 1 is 0.217 bits per heavy atom. The van der Waals surface area contributed by atoms with E-state index in [1.807, 2.05) is 54.6 Å². The Hall–Kier alpha value is -13.4. The highest BCUT2D eigenvalue weighted by molar-refractivity contribution is 9.10. The summed E-state index contributed by atoms with van der Waals surface area (Å²) in [6.45, 7) is 19.0. The smallest absolute Gasteiger partial charge is 0.423 e. The molecule has 572 valence electrons. The molecule has 0 radical (unpaired) electrons. The lowest BCUT2D eigenvalue weighted by Crippen LogP contribution is -2.32. The molecule has 0 fully saturated rings. The van der Waals surface area contributed by atoms with Gasteiger partial charge in [-0.2, -0.15) is 0 Å². The molecule has 22 rings (SSSR count). The van der Waals surface area contributed by atoms with Gasteiger partial charge in [0.1, 0.15) is 0 Å². The minimum absolute atomic E-state index is 0.0503. The predicted molar refractivity (Wildman–Crippen MR) is 509 cm³/mol. The van der Waals surface area contributed by atoms with Crippen LogP contribution < -0.4 is 5.46 Å². The molecule has 18 aromatic rings. The van der Waals surface area contributed by atoms with Crippen molar-refractivity contribution in [3.8, 4) is 124 Å². The minimum Gasteiger partial charge on any atom is -0.423 e. The molecule has 0 saturated carbocycles. The van der Waals surface area contributed by atoms with Crippen LogP contribution in [0.1, 0.15) is 122 Å². The van der Waals surface area contributed by atoms with Gasteiger partial charge in [0.05, 0.1) is 0 Å². The molecule has 4 heteroatoms. The first-order chi connectivity index (χ1) is 58.3. The first-order valence-corrected chi connectivity index (χ1v) is 42.4. The largest absolute Gasteiger partial charge is 0.489 e.